The molecule has 0 radical (unpaired) electrons. The van der Waals surface area contributed by atoms with Crippen LogP contribution in [0.15, 0.2) is 22.8 Å². The summed E-state index contributed by atoms with van der Waals surface area (Å²) in [6.45, 7) is 6.04. The van der Waals surface area contributed by atoms with Crippen LogP contribution < -0.4 is 0 Å². The molecule has 112 valence electrons. The minimum absolute atomic E-state index is 0.0599. The monoisotopic (exact) mass is 340 g/mol. The molecule has 3 nitrogen and oxygen atoms in total. The highest BCUT2D eigenvalue weighted by atomic mass is 79.9. The van der Waals surface area contributed by atoms with Crippen molar-refractivity contribution in [2.75, 3.05) is 13.1 Å². The number of hydrogen-bond donors (Lipinski definition) is 0. The quantitative estimate of drug-likeness (QED) is 0.612. The molecular weight excluding hydrogens is 316 g/mol. The van der Waals surface area contributed by atoms with Crippen molar-refractivity contribution in [1.29, 1.82) is 0 Å². The Morgan fingerprint density at radius 1 is 1.10 bits per heavy atom. The first-order chi connectivity index (χ1) is 9.69. The lowest BCUT2D eigenvalue weighted by Gasteiger charge is -2.22. The molecule has 0 aromatic carbocycles. The van der Waals surface area contributed by atoms with E-state index in [9.17, 15) is 4.79 Å². The van der Waals surface area contributed by atoms with Gasteiger partial charge in [0.25, 0.3) is 5.91 Å². The maximum absolute atomic E-state index is 12.5. The SMILES string of the molecule is CCCCCN(CCCCC)C(=O)c1ccc(Br)cn1. The van der Waals surface area contributed by atoms with Gasteiger partial charge in [-0.1, -0.05) is 39.5 Å². The second kappa shape index (κ2) is 9.92. The minimum atomic E-state index is 0.0599. The molecule has 0 aliphatic rings. The van der Waals surface area contributed by atoms with Crippen LogP contribution in [0.3, 0.4) is 0 Å². The van der Waals surface area contributed by atoms with Gasteiger partial charge in [0.1, 0.15) is 5.69 Å². The highest BCUT2D eigenvalue weighted by Crippen LogP contribution is 2.11. The Hall–Kier alpha value is -0.900. The lowest BCUT2D eigenvalue weighted by molar-refractivity contribution is 0.0743. The van der Waals surface area contributed by atoms with E-state index in [2.05, 4.69) is 34.8 Å². The lowest BCUT2D eigenvalue weighted by Crippen LogP contribution is -2.33. The van der Waals surface area contributed by atoms with Crippen molar-refractivity contribution in [3.05, 3.63) is 28.5 Å². The number of carbonyl (C=O) groups is 1. The van der Waals surface area contributed by atoms with Gasteiger partial charge < -0.3 is 4.90 Å². The Kier molecular flexibility index (Phi) is 8.51. The van der Waals surface area contributed by atoms with Crippen LogP contribution in [0.2, 0.25) is 0 Å². The molecule has 1 heterocycles. The minimum Gasteiger partial charge on any atom is -0.337 e. The van der Waals surface area contributed by atoms with E-state index in [1.165, 1.54) is 25.7 Å². The fourth-order valence-corrected chi connectivity index (χ4v) is 2.32. The second-order valence-corrected chi connectivity index (χ2v) is 5.98. The summed E-state index contributed by atoms with van der Waals surface area (Å²) in [6.07, 6.45) is 8.52. The lowest BCUT2D eigenvalue weighted by atomic mass is 10.2. The molecule has 0 aliphatic heterocycles. The van der Waals surface area contributed by atoms with Gasteiger partial charge in [-0.3, -0.25) is 4.79 Å². The summed E-state index contributed by atoms with van der Waals surface area (Å²) in [6, 6.07) is 3.66. The number of rotatable bonds is 9. The fraction of sp³-hybridized carbons (Fsp3) is 0.625. The van der Waals surface area contributed by atoms with Crippen LogP contribution in [-0.2, 0) is 0 Å². The van der Waals surface area contributed by atoms with Gasteiger partial charge in [-0.25, -0.2) is 4.98 Å². The standard InChI is InChI=1S/C16H25BrN2O/c1-3-5-7-11-19(12-8-6-4-2)16(20)15-10-9-14(17)13-18-15/h9-10,13H,3-8,11-12H2,1-2H3. The molecule has 0 saturated carbocycles. The summed E-state index contributed by atoms with van der Waals surface area (Å²) in [5, 5.41) is 0. The Bertz CT molecular complexity index is 382. The van der Waals surface area contributed by atoms with Crippen molar-refractivity contribution in [3.8, 4) is 0 Å². The summed E-state index contributed by atoms with van der Waals surface area (Å²) >= 11 is 3.35. The molecule has 0 spiro atoms. The van der Waals surface area contributed by atoms with E-state index in [4.69, 9.17) is 0 Å². The number of unbranched alkanes of at least 4 members (excludes halogenated alkanes) is 4. The summed E-state index contributed by atoms with van der Waals surface area (Å²) in [7, 11) is 0. The predicted octanol–water partition coefficient (Wildman–Crippen LogP) is 4.67. The van der Waals surface area contributed by atoms with E-state index >= 15 is 0 Å². The van der Waals surface area contributed by atoms with Crippen molar-refractivity contribution in [2.45, 2.75) is 52.4 Å². The van der Waals surface area contributed by atoms with E-state index in [1.54, 1.807) is 12.3 Å². The van der Waals surface area contributed by atoms with E-state index in [0.29, 0.717) is 5.69 Å². The summed E-state index contributed by atoms with van der Waals surface area (Å²) in [5.41, 5.74) is 0.543. The van der Waals surface area contributed by atoms with Crippen molar-refractivity contribution in [1.82, 2.24) is 9.88 Å². The van der Waals surface area contributed by atoms with Crippen LogP contribution in [0.5, 0.6) is 0 Å². The number of carbonyl (C=O) groups excluding carboxylic acids is 1. The van der Waals surface area contributed by atoms with Gasteiger partial charge in [-0.05, 0) is 40.9 Å². The van der Waals surface area contributed by atoms with Gasteiger partial charge in [0, 0.05) is 23.8 Å². The van der Waals surface area contributed by atoms with Gasteiger partial charge in [0.2, 0.25) is 0 Å². The second-order valence-electron chi connectivity index (χ2n) is 5.07. The zero-order valence-electron chi connectivity index (χ0n) is 12.6. The average molecular weight is 341 g/mol. The first kappa shape index (κ1) is 17.2. The first-order valence-electron chi connectivity index (χ1n) is 7.59. The Morgan fingerprint density at radius 3 is 2.15 bits per heavy atom. The molecule has 0 atom stereocenters. The predicted molar refractivity (Wildman–Crippen MR) is 86.9 cm³/mol. The highest BCUT2D eigenvalue weighted by Gasteiger charge is 2.16. The van der Waals surface area contributed by atoms with E-state index in [1.807, 2.05) is 11.0 Å². The number of amides is 1. The third-order valence-corrected chi connectivity index (χ3v) is 3.77. The number of hydrogen-bond acceptors (Lipinski definition) is 2. The van der Waals surface area contributed by atoms with E-state index in [0.717, 1.165) is 30.4 Å². The molecular formula is C16H25BrN2O. The molecule has 1 amide bonds. The highest BCUT2D eigenvalue weighted by molar-refractivity contribution is 9.10. The van der Waals surface area contributed by atoms with Crippen LogP contribution >= 0.6 is 15.9 Å². The topological polar surface area (TPSA) is 33.2 Å². The molecule has 20 heavy (non-hydrogen) atoms. The van der Waals surface area contributed by atoms with Crippen LogP contribution in [-0.4, -0.2) is 28.9 Å². The molecule has 1 aromatic rings. The summed E-state index contributed by atoms with van der Waals surface area (Å²) in [5.74, 6) is 0.0599. The normalized spacial score (nSPS) is 10.6. The maximum atomic E-state index is 12.5. The van der Waals surface area contributed by atoms with Crippen molar-refractivity contribution in [3.63, 3.8) is 0 Å². The smallest absolute Gasteiger partial charge is 0.272 e. The van der Waals surface area contributed by atoms with Crippen LogP contribution in [0, 0.1) is 0 Å². The van der Waals surface area contributed by atoms with Crippen molar-refractivity contribution >= 4 is 21.8 Å². The average Bonchev–Trinajstić information content (AvgIpc) is 2.46. The van der Waals surface area contributed by atoms with Crippen LogP contribution in [0.4, 0.5) is 0 Å². The summed E-state index contributed by atoms with van der Waals surface area (Å²) in [4.78, 5) is 18.7. The molecule has 0 aliphatic carbocycles. The molecule has 0 unspecified atom stereocenters. The Morgan fingerprint density at radius 2 is 1.70 bits per heavy atom. The first-order valence-corrected chi connectivity index (χ1v) is 8.39. The molecule has 0 saturated heterocycles. The maximum Gasteiger partial charge on any atom is 0.272 e. The van der Waals surface area contributed by atoms with Gasteiger partial charge in [0.15, 0.2) is 0 Å². The third-order valence-electron chi connectivity index (χ3n) is 3.30. The molecule has 4 heteroatoms. The van der Waals surface area contributed by atoms with Gasteiger partial charge in [-0.15, -0.1) is 0 Å². The van der Waals surface area contributed by atoms with Crippen LogP contribution in [0.1, 0.15) is 62.9 Å². The fourth-order valence-electron chi connectivity index (χ4n) is 2.08. The zero-order chi connectivity index (χ0) is 14.8. The molecule has 0 bridgehead atoms. The molecule has 0 fully saturated rings. The zero-order valence-corrected chi connectivity index (χ0v) is 14.2. The molecule has 0 N–H and O–H groups in total. The number of pyridine rings is 1. The Balaban J connectivity index is 2.63. The van der Waals surface area contributed by atoms with E-state index in [-0.39, 0.29) is 5.91 Å². The largest absolute Gasteiger partial charge is 0.337 e. The number of halogens is 1. The summed E-state index contributed by atoms with van der Waals surface area (Å²) < 4.78 is 0.901. The van der Waals surface area contributed by atoms with Crippen LogP contribution in [0.25, 0.3) is 0 Å². The molecule has 1 aromatic heterocycles. The van der Waals surface area contributed by atoms with Gasteiger partial charge >= 0.3 is 0 Å². The third kappa shape index (κ3) is 6.04. The van der Waals surface area contributed by atoms with Gasteiger partial charge in [-0.2, -0.15) is 0 Å². The molecule has 1 rings (SSSR count). The Labute approximate surface area is 130 Å². The van der Waals surface area contributed by atoms with Crippen molar-refractivity contribution < 1.29 is 4.79 Å². The van der Waals surface area contributed by atoms with E-state index < -0.39 is 0 Å². The number of nitrogens with zero attached hydrogens (tertiary/aromatic N) is 2. The van der Waals surface area contributed by atoms with Gasteiger partial charge in [0.05, 0.1) is 0 Å². The van der Waals surface area contributed by atoms with Crippen molar-refractivity contribution in [2.24, 2.45) is 0 Å². The number of aromatic nitrogens is 1.